The number of halogens is 1. The molecule has 15 heavy (non-hydrogen) atoms. The minimum absolute atomic E-state index is 0.734. The molecule has 0 radical (unpaired) electrons. The molecular weight excluding hydrogens is 230 g/mol. The predicted molar refractivity (Wildman–Crippen MR) is 69.5 cm³/mol. The monoisotopic (exact) mass is 245 g/mol. The van der Waals surface area contributed by atoms with E-state index in [4.69, 9.17) is 16.3 Å². The summed E-state index contributed by atoms with van der Waals surface area (Å²) in [5.74, 6) is 3.06. The van der Waals surface area contributed by atoms with Crippen LogP contribution in [0, 0.1) is 0 Å². The van der Waals surface area contributed by atoms with Crippen LogP contribution in [0.4, 0.5) is 5.69 Å². The van der Waals surface area contributed by atoms with E-state index >= 15 is 0 Å². The fourth-order valence-electron chi connectivity index (χ4n) is 1.17. The highest BCUT2D eigenvalue weighted by Gasteiger charge is 2.01. The summed E-state index contributed by atoms with van der Waals surface area (Å²) in [7, 11) is 1.65. The Bertz CT molecular complexity index is 307. The number of rotatable bonds is 6. The van der Waals surface area contributed by atoms with Gasteiger partial charge in [0.25, 0.3) is 0 Å². The molecule has 0 atom stereocenters. The van der Waals surface area contributed by atoms with Crippen molar-refractivity contribution in [1.29, 1.82) is 0 Å². The highest BCUT2D eigenvalue weighted by Crippen LogP contribution is 2.26. The first kappa shape index (κ1) is 12.5. The third-order valence-corrected chi connectivity index (χ3v) is 3.17. The summed E-state index contributed by atoms with van der Waals surface area (Å²) in [5, 5.41) is 4.02. The molecule has 0 spiro atoms. The van der Waals surface area contributed by atoms with Crippen molar-refractivity contribution in [3.8, 4) is 5.75 Å². The first-order chi connectivity index (χ1) is 7.27. The number of ether oxygens (including phenoxy) is 1. The Kier molecular flexibility index (Phi) is 5.73. The van der Waals surface area contributed by atoms with Gasteiger partial charge in [0.15, 0.2) is 0 Å². The molecule has 84 valence electrons. The molecule has 4 heteroatoms. The van der Waals surface area contributed by atoms with Crippen molar-refractivity contribution in [2.45, 2.75) is 6.92 Å². The Hall–Kier alpha value is -0.540. The van der Waals surface area contributed by atoms with E-state index in [0.29, 0.717) is 0 Å². The van der Waals surface area contributed by atoms with E-state index in [0.717, 1.165) is 34.5 Å². The predicted octanol–water partition coefficient (Wildman–Crippen LogP) is 3.51. The molecule has 0 heterocycles. The van der Waals surface area contributed by atoms with Gasteiger partial charge in [-0.1, -0.05) is 18.5 Å². The Morgan fingerprint density at radius 1 is 1.47 bits per heavy atom. The molecule has 0 saturated carbocycles. The number of methoxy groups -OCH3 is 1. The molecule has 2 nitrogen and oxygen atoms in total. The average Bonchev–Trinajstić information content (AvgIpc) is 2.26. The van der Waals surface area contributed by atoms with Gasteiger partial charge in [0.1, 0.15) is 5.75 Å². The molecular formula is C11H16ClNOS. The number of hydrogen-bond donors (Lipinski definition) is 1. The molecule has 0 aliphatic rings. The van der Waals surface area contributed by atoms with Crippen molar-refractivity contribution in [2.24, 2.45) is 0 Å². The lowest BCUT2D eigenvalue weighted by Crippen LogP contribution is -2.04. The number of anilines is 1. The zero-order chi connectivity index (χ0) is 11.1. The number of hydrogen-bond acceptors (Lipinski definition) is 3. The van der Waals surface area contributed by atoms with Crippen LogP contribution >= 0.6 is 23.4 Å². The molecule has 1 rings (SSSR count). The third kappa shape index (κ3) is 4.22. The molecule has 0 bridgehead atoms. The van der Waals surface area contributed by atoms with Crippen molar-refractivity contribution in [3.63, 3.8) is 0 Å². The fourth-order valence-corrected chi connectivity index (χ4v) is 1.89. The SMILES string of the molecule is CCSCCNc1cc(OC)ccc1Cl. The van der Waals surface area contributed by atoms with Gasteiger partial charge in [-0.15, -0.1) is 0 Å². The van der Waals surface area contributed by atoms with Crippen LogP contribution in [-0.4, -0.2) is 25.2 Å². The van der Waals surface area contributed by atoms with Gasteiger partial charge in [-0.2, -0.15) is 11.8 Å². The maximum atomic E-state index is 6.04. The molecule has 1 aromatic carbocycles. The van der Waals surface area contributed by atoms with Gasteiger partial charge in [-0.05, 0) is 17.9 Å². The van der Waals surface area contributed by atoms with Crippen LogP contribution in [0.15, 0.2) is 18.2 Å². The zero-order valence-corrected chi connectivity index (χ0v) is 10.6. The van der Waals surface area contributed by atoms with Crippen LogP contribution in [0.1, 0.15) is 6.92 Å². The molecule has 1 N–H and O–H groups in total. The summed E-state index contributed by atoms with van der Waals surface area (Å²) >= 11 is 7.95. The molecule has 0 aromatic heterocycles. The second kappa shape index (κ2) is 6.85. The van der Waals surface area contributed by atoms with Crippen molar-refractivity contribution >= 4 is 29.1 Å². The van der Waals surface area contributed by atoms with Crippen LogP contribution in [0.25, 0.3) is 0 Å². The first-order valence-corrected chi connectivity index (χ1v) is 6.46. The smallest absolute Gasteiger partial charge is 0.121 e. The second-order valence-electron chi connectivity index (χ2n) is 2.97. The van der Waals surface area contributed by atoms with E-state index in [1.807, 2.05) is 30.0 Å². The summed E-state index contributed by atoms with van der Waals surface area (Å²) in [5.41, 5.74) is 0.938. The summed E-state index contributed by atoms with van der Waals surface area (Å²) < 4.78 is 5.13. The highest BCUT2D eigenvalue weighted by atomic mass is 35.5. The third-order valence-electron chi connectivity index (χ3n) is 1.94. The van der Waals surface area contributed by atoms with Crippen LogP contribution in [0.5, 0.6) is 5.75 Å². The molecule has 0 fully saturated rings. The van der Waals surface area contributed by atoms with E-state index in [1.165, 1.54) is 0 Å². The first-order valence-electron chi connectivity index (χ1n) is 4.93. The van der Waals surface area contributed by atoms with Crippen LogP contribution in [0.3, 0.4) is 0 Å². The molecule has 0 aliphatic heterocycles. The normalized spacial score (nSPS) is 10.1. The maximum absolute atomic E-state index is 6.04. The Morgan fingerprint density at radius 3 is 2.93 bits per heavy atom. The average molecular weight is 246 g/mol. The van der Waals surface area contributed by atoms with Crippen molar-refractivity contribution in [1.82, 2.24) is 0 Å². The van der Waals surface area contributed by atoms with Gasteiger partial charge >= 0.3 is 0 Å². The van der Waals surface area contributed by atoms with Crippen molar-refractivity contribution in [3.05, 3.63) is 23.2 Å². The quantitative estimate of drug-likeness (QED) is 0.775. The van der Waals surface area contributed by atoms with Gasteiger partial charge in [-0.25, -0.2) is 0 Å². The maximum Gasteiger partial charge on any atom is 0.121 e. The van der Waals surface area contributed by atoms with Crippen molar-refractivity contribution in [2.75, 3.05) is 30.5 Å². The number of thioether (sulfide) groups is 1. The molecule has 0 saturated heterocycles. The van der Waals surface area contributed by atoms with Crippen molar-refractivity contribution < 1.29 is 4.74 Å². The van der Waals surface area contributed by atoms with Gasteiger partial charge in [0.2, 0.25) is 0 Å². The van der Waals surface area contributed by atoms with Gasteiger partial charge in [0, 0.05) is 18.4 Å². The fraction of sp³-hybridized carbons (Fsp3) is 0.455. The number of benzene rings is 1. The molecule has 1 aromatic rings. The van der Waals surface area contributed by atoms with E-state index in [-0.39, 0.29) is 0 Å². The van der Waals surface area contributed by atoms with Crippen LogP contribution in [0.2, 0.25) is 5.02 Å². The second-order valence-corrected chi connectivity index (χ2v) is 4.77. The molecule has 0 aliphatic carbocycles. The van der Waals surface area contributed by atoms with Crippen LogP contribution in [-0.2, 0) is 0 Å². The Labute approximate surface area is 100 Å². The number of nitrogens with one attached hydrogen (secondary N) is 1. The lowest BCUT2D eigenvalue weighted by atomic mass is 10.3. The highest BCUT2D eigenvalue weighted by molar-refractivity contribution is 7.99. The Balaban J connectivity index is 2.51. The summed E-state index contributed by atoms with van der Waals surface area (Å²) in [6.45, 7) is 3.08. The van der Waals surface area contributed by atoms with Gasteiger partial charge < -0.3 is 10.1 Å². The van der Waals surface area contributed by atoms with Gasteiger partial charge in [-0.3, -0.25) is 0 Å². The Morgan fingerprint density at radius 2 is 2.27 bits per heavy atom. The van der Waals surface area contributed by atoms with E-state index in [2.05, 4.69) is 12.2 Å². The lowest BCUT2D eigenvalue weighted by Gasteiger charge is -2.09. The van der Waals surface area contributed by atoms with Crippen LogP contribution < -0.4 is 10.1 Å². The minimum atomic E-state index is 0.734. The van der Waals surface area contributed by atoms with E-state index < -0.39 is 0 Å². The lowest BCUT2D eigenvalue weighted by molar-refractivity contribution is 0.415. The van der Waals surface area contributed by atoms with E-state index in [9.17, 15) is 0 Å². The standard InChI is InChI=1S/C11H16ClNOS/c1-3-15-7-6-13-11-8-9(14-2)4-5-10(11)12/h4-5,8,13H,3,6-7H2,1-2H3. The minimum Gasteiger partial charge on any atom is -0.497 e. The zero-order valence-electron chi connectivity index (χ0n) is 9.05. The summed E-state index contributed by atoms with van der Waals surface area (Å²) in [4.78, 5) is 0. The summed E-state index contributed by atoms with van der Waals surface area (Å²) in [6.07, 6.45) is 0. The van der Waals surface area contributed by atoms with E-state index in [1.54, 1.807) is 7.11 Å². The molecule has 0 unspecified atom stereocenters. The largest absolute Gasteiger partial charge is 0.497 e. The summed E-state index contributed by atoms with van der Waals surface area (Å²) in [6, 6.07) is 5.61. The topological polar surface area (TPSA) is 21.3 Å². The van der Waals surface area contributed by atoms with Gasteiger partial charge in [0.05, 0.1) is 17.8 Å². The molecule has 0 amide bonds.